The summed E-state index contributed by atoms with van der Waals surface area (Å²) >= 11 is 2.32. The molecule has 1 amide bonds. The number of methoxy groups -OCH3 is 1. The monoisotopic (exact) mass is 484 g/mol. The Morgan fingerprint density at radius 2 is 1.94 bits per heavy atom. The van der Waals surface area contributed by atoms with Gasteiger partial charge in [0.2, 0.25) is 0 Å². The van der Waals surface area contributed by atoms with Gasteiger partial charge in [-0.25, -0.2) is 9.78 Å². The van der Waals surface area contributed by atoms with E-state index in [2.05, 4.69) is 4.98 Å². The number of amides is 1. The molecule has 1 N–H and O–H groups in total. The minimum atomic E-state index is -0.882. The van der Waals surface area contributed by atoms with Crippen molar-refractivity contribution in [3.63, 3.8) is 0 Å². The molecular formula is C23H20N2O6S2. The number of carbonyl (C=O) groups excluding carboxylic acids is 3. The molecule has 0 aliphatic carbocycles. The van der Waals surface area contributed by atoms with Crippen molar-refractivity contribution >= 4 is 51.2 Å². The van der Waals surface area contributed by atoms with Gasteiger partial charge >= 0.3 is 11.9 Å². The number of hydrogen-bond donors (Lipinski definition) is 1. The molecule has 2 aromatic heterocycles. The molecule has 1 fully saturated rings. The zero-order chi connectivity index (χ0) is 23.7. The number of Topliss-reactive ketones (excluding diaryl/α,β-unsaturated/α-hetero) is 1. The lowest BCUT2D eigenvalue weighted by Gasteiger charge is -2.21. The van der Waals surface area contributed by atoms with Crippen LogP contribution in [-0.4, -0.2) is 41.5 Å². The van der Waals surface area contributed by atoms with Gasteiger partial charge in [0.25, 0.3) is 5.78 Å². The maximum Gasteiger partial charge on any atom is 0.350 e. The normalized spacial score (nSPS) is 17.4. The summed E-state index contributed by atoms with van der Waals surface area (Å²) in [4.78, 5) is 45.1. The van der Waals surface area contributed by atoms with E-state index < -0.39 is 23.7 Å². The second-order valence-corrected chi connectivity index (χ2v) is 9.00. The van der Waals surface area contributed by atoms with Crippen LogP contribution in [0.15, 0.2) is 47.4 Å². The van der Waals surface area contributed by atoms with Crippen molar-refractivity contribution in [2.24, 2.45) is 0 Å². The minimum absolute atomic E-state index is 0.0434. The van der Waals surface area contributed by atoms with Crippen LogP contribution < -0.4 is 9.64 Å². The SMILES string of the molecule is CCOC(=O)c1sc(N2C(=O)C(=O)C(=C(O)c3ccc(OC)cc3)C2c2cccs2)nc1C. The molecule has 1 aliphatic rings. The number of aliphatic hydroxyl groups is 1. The number of hydrogen-bond acceptors (Lipinski definition) is 9. The quantitative estimate of drug-likeness (QED) is 0.240. The average Bonchev–Trinajstić information content (AvgIpc) is 3.53. The molecule has 8 nitrogen and oxygen atoms in total. The first-order valence-electron chi connectivity index (χ1n) is 10.0. The number of aromatic nitrogens is 1. The Kier molecular flexibility index (Phi) is 6.30. The minimum Gasteiger partial charge on any atom is -0.507 e. The van der Waals surface area contributed by atoms with Crippen molar-refractivity contribution in [1.82, 2.24) is 4.98 Å². The van der Waals surface area contributed by atoms with Gasteiger partial charge in [-0.1, -0.05) is 17.4 Å². The maximum absolute atomic E-state index is 13.1. The Morgan fingerprint density at radius 1 is 1.21 bits per heavy atom. The summed E-state index contributed by atoms with van der Waals surface area (Å²) in [6.45, 7) is 3.54. The van der Waals surface area contributed by atoms with E-state index in [1.165, 1.54) is 23.3 Å². The molecule has 0 radical (unpaired) electrons. The second kappa shape index (κ2) is 9.16. The van der Waals surface area contributed by atoms with Crippen molar-refractivity contribution in [3.8, 4) is 5.75 Å². The summed E-state index contributed by atoms with van der Waals surface area (Å²) < 4.78 is 10.2. The summed E-state index contributed by atoms with van der Waals surface area (Å²) in [6, 6.07) is 9.22. The second-order valence-electron chi connectivity index (χ2n) is 7.04. The summed E-state index contributed by atoms with van der Waals surface area (Å²) in [6.07, 6.45) is 0. The molecule has 0 bridgehead atoms. The third-order valence-electron chi connectivity index (χ3n) is 5.07. The van der Waals surface area contributed by atoms with E-state index in [0.717, 1.165) is 11.3 Å². The smallest absolute Gasteiger partial charge is 0.350 e. The highest BCUT2D eigenvalue weighted by molar-refractivity contribution is 7.18. The fourth-order valence-corrected chi connectivity index (χ4v) is 5.33. The molecule has 10 heteroatoms. The molecule has 1 aliphatic heterocycles. The van der Waals surface area contributed by atoms with E-state index in [0.29, 0.717) is 21.9 Å². The predicted molar refractivity (Wildman–Crippen MR) is 125 cm³/mol. The van der Waals surface area contributed by atoms with Crippen LogP contribution in [0.3, 0.4) is 0 Å². The predicted octanol–water partition coefficient (Wildman–Crippen LogP) is 4.32. The Hall–Kier alpha value is -3.50. The number of esters is 1. The maximum atomic E-state index is 13.1. The number of anilines is 1. The van der Waals surface area contributed by atoms with Crippen LogP contribution in [0.5, 0.6) is 5.75 Å². The molecule has 4 rings (SSSR count). The summed E-state index contributed by atoms with van der Waals surface area (Å²) in [5.41, 5.74) is 0.728. The average molecular weight is 485 g/mol. The Labute approximate surface area is 197 Å². The number of nitrogens with zero attached hydrogens (tertiary/aromatic N) is 2. The highest BCUT2D eigenvalue weighted by atomic mass is 32.1. The van der Waals surface area contributed by atoms with Crippen molar-refractivity contribution in [2.45, 2.75) is 19.9 Å². The zero-order valence-corrected chi connectivity index (χ0v) is 19.7. The van der Waals surface area contributed by atoms with Gasteiger partial charge < -0.3 is 14.6 Å². The summed E-state index contributed by atoms with van der Waals surface area (Å²) in [7, 11) is 1.53. The molecule has 33 heavy (non-hydrogen) atoms. The fraction of sp³-hybridized carbons (Fsp3) is 0.217. The number of aryl methyl sites for hydroxylation is 1. The Morgan fingerprint density at radius 3 is 2.55 bits per heavy atom. The van der Waals surface area contributed by atoms with E-state index in [-0.39, 0.29) is 27.9 Å². The molecule has 3 heterocycles. The van der Waals surface area contributed by atoms with Crippen LogP contribution in [-0.2, 0) is 14.3 Å². The van der Waals surface area contributed by atoms with Gasteiger partial charge in [-0.2, -0.15) is 0 Å². The van der Waals surface area contributed by atoms with Crippen molar-refractivity contribution in [1.29, 1.82) is 0 Å². The molecule has 1 aromatic carbocycles. The van der Waals surface area contributed by atoms with Crippen molar-refractivity contribution in [3.05, 3.63) is 68.4 Å². The zero-order valence-electron chi connectivity index (χ0n) is 18.0. The topological polar surface area (TPSA) is 106 Å². The largest absolute Gasteiger partial charge is 0.507 e. The number of ketones is 1. The molecule has 1 saturated heterocycles. The van der Waals surface area contributed by atoms with Gasteiger partial charge in [-0.15, -0.1) is 11.3 Å². The van der Waals surface area contributed by atoms with Crippen LogP contribution in [0.2, 0.25) is 0 Å². The van der Waals surface area contributed by atoms with Crippen LogP contribution in [0.1, 0.15) is 38.8 Å². The van der Waals surface area contributed by atoms with Crippen molar-refractivity contribution in [2.75, 3.05) is 18.6 Å². The Balaban J connectivity index is 1.85. The van der Waals surface area contributed by atoms with E-state index >= 15 is 0 Å². The lowest BCUT2D eigenvalue weighted by molar-refractivity contribution is -0.132. The van der Waals surface area contributed by atoms with Crippen LogP contribution in [0.4, 0.5) is 5.13 Å². The first-order valence-corrected chi connectivity index (χ1v) is 11.7. The van der Waals surface area contributed by atoms with Gasteiger partial charge in [-0.3, -0.25) is 14.5 Å². The highest BCUT2D eigenvalue weighted by Crippen LogP contribution is 2.45. The van der Waals surface area contributed by atoms with Gasteiger partial charge in [0.1, 0.15) is 22.4 Å². The third kappa shape index (κ3) is 4.03. The van der Waals surface area contributed by atoms with Crippen molar-refractivity contribution < 1.29 is 29.0 Å². The van der Waals surface area contributed by atoms with Crippen LogP contribution in [0, 0.1) is 6.92 Å². The van der Waals surface area contributed by atoms with Gasteiger partial charge in [-0.05, 0) is 49.6 Å². The van der Waals surface area contributed by atoms with E-state index in [1.54, 1.807) is 50.2 Å². The van der Waals surface area contributed by atoms with E-state index in [1.807, 2.05) is 5.38 Å². The first-order chi connectivity index (χ1) is 15.9. The number of aliphatic hydroxyl groups excluding tert-OH is 1. The standard InChI is InChI=1S/C23H20N2O6S2/c1-4-31-22(29)20-12(2)24-23(33-20)25-17(15-6-5-11-32-15)16(19(27)21(25)28)18(26)13-7-9-14(30-3)10-8-13/h5-11,17,26H,4H2,1-3H3. The molecule has 1 unspecified atom stereocenters. The Bertz CT molecular complexity index is 1240. The molecular weight excluding hydrogens is 464 g/mol. The number of thiophene rings is 1. The van der Waals surface area contributed by atoms with Crippen LogP contribution in [0.25, 0.3) is 5.76 Å². The van der Waals surface area contributed by atoms with E-state index in [9.17, 15) is 19.5 Å². The number of carbonyl (C=O) groups is 3. The van der Waals surface area contributed by atoms with Gasteiger partial charge in [0.15, 0.2) is 5.13 Å². The van der Waals surface area contributed by atoms with Crippen LogP contribution >= 0.6 is 22.7 Å². The number of ether oxygens (including phenoxy) is 2. The fourth-order valence-electron chi connectivity index (χ4n) is 3.52. The molecule has 3 aromatic rings. The lowest BCUT2D eigenvalue weighted by Crippen LogP contribution is -2.29. The number of benzene rings is 1. The van der Waals surface area contributed by atoms with E-state index in [4.69, 9.17) is 9.47 Å². The third-order valence-corrected chi connectivity index (χ3v) is 7.13. The molecule has 0 spiro atoms. The first kappa shape index (κ1) is 22.7. The molecule has 0 saturated carbocycles. The number of thiazole rings is 1. The summed E-state index contributed by atoms with van der Waals surface area (Å²) in [5, 5.41) is 13.1. The highest BCUT2D eigenvalue weighted by Gasteiger charge is 2.48. The van der Waals surface area contributed by atoms with Gasteiger partial charge in [0, 0.05) is 10.4 Å². The lowest BCUT2D eigenvalue weighted by atomic mass is 10.00. The summed E-state index contributed by atoms with van der Waals surface area (Å²) in [5.74, 6) is -1.90. The molecule has 170 valence electrons. The molecule has 1 atom stereocenters. The van der Waals surface area contributed by atoms with Gasteiger partial charge in [0.05, 0.1) is 25.0 Å². The number of rotatable bonds is 6.